The van der Waals surface area contributed by atoms with Crippen LogP contribution in [0.3, 0.4) is 0 Å². The van der Waals surface area contributed by atoms with Crippen LogP contribution < -0.4 is 11.1 Å². The quantitative estimate of drug-likeness (QED) is 0.555. The Kier molecular flexibility index (Phi) is 5.14. The molecule has 0 saturated carbocycles. The van der Waals surface area contributed by atoms with Crippen molar-refractivity contribution in [3.8, 4) is 0 Å². The first-order chi connectivity index (χ1) is 12.1. The van der Waals surface area contributed by atoms with Crippen molar-refractivity contribution in [1.82, 2.24) is 9.55 Å². The van der Waals surface area contributed by atoms with Gasteiger partial charge in [0.15, 0.2) is 5.96 Å². The Bertz CT molecular complexity index is 862. The summed E-state index contributed by atoms with van der Waals surface area (Å²) in [5.41, 5.74) is 10.5. The smallest absolute Gasteiger partial charge is 0.193 e. The van der Waals surface area contributed by atoms with Gasteiger partial charge >= 0.3 is 0 Å². The number of imidazole rings is 1. The zero-order valence-electron chi connectivity index (χ0n) is 14.6. The van der Waals surface area contributed by atoms with Crippen LogP contribution >= 0.6 is 0 Å². The largest absolute Gasteiger partial charge is 0.370 e. The van der Waals surface area contributed by atoms with E-state index in [1.165, 1.54) is 11.1 Å². The van der Waals surface area contributed by atoms with Gasteiger partial charge in [0.2, 0.25) is 0 Å². The molecule has 5 nitrogen and oxygen atoms in total. The van der Waals surface area contributed by atoms with E-state index in [4.69, 9.17) is 5.73 Å². The van der Waals surface area contributed by atoms with Crippen LogP contribution in [0.5, 0.6) is 0 Å². The first-order valence-electron chi connectivity index (χ1n) is 8.29. The number of nitrogens with zero attached hydrogens (tertiary/aromatic N) is 3. The summed E-state index contributed by atoms with van der Waals surface area (Å²) in [4.78, 5) is 8.69. The number of nitrogens with one attached hydrogen (secondary N) is 1. The molecule has 0 radical (unpaired) electrons. The predicted octanol–water partition coefficient (Wildman–Crippen LogP) is 3.48. The molecule has 128 valence electrons. The zero-order chi connectivity index (χ0) is 17.6. The van der Waals surface area contributed by atoms with Crippen molar-refractivity contribution >= 4 is 11.6 Å². The van der Waals surface area contributed by atoms with Gasteiger partial charge in [0.25, 0.3) is 0 Å². The van der Waals surface area contributed by atoms with Gasteiger partial charge in [-0.3, -0.25) is 0 Å². The number of hydrogen-bond acceptors (Lipinski definition) is 2. The van der Waals surface area contributed by atoms with Gasteiger partial charge in [0, 0.05) is 24.6 Å². The summed E-state index contributed by atoms with van der Waals surface area (Å²) in [6.07, 6.45) is 3.81. The normalized spacial score (nSPS) is 11.5. The van der Waals surface area contributed by atoms with Crippen molar-refractivity contribution in [1.29, 1.82) is 0 Å². The molecule has 0 bridgehead atoms. The maximum Gasteiger partial charge on any atom is 0.193 e. The molecule has 3 rings (SSSR count). The highest BCUT2D eigenvalue weighted by atomic mass is 15.1. The van der Waals surface area contributed by atoms with E-state index in [-0.39, 0.29) is 0 Å². The van der Waals surface area contributed by atoms with Crippen LogP contribution in [-0.4, -0.2) is 15.5 Å². The van der Waals surface area contributed by atoms with E-state index in [9.17, 15) is 0 Å². The Hall–Kier alpha value is -3.08. The van der Waals surface area contributed by atoms with Crippen LogP contribution in [0, 0.1) is 13.8 Å². The molecule has 3 N–H and O–H groups in total. The number of guanidine groups is 1. The van der Waals surface area contributed by atoms with Gasteiger partial charge in [-0.25, -0.2) is 9.98 Å². The molecule has 0 fully saturated rings. The minimum atomic E-state index is 0.416. The highest BCUT2D eigenvalue weighted by molar-refractivity contribution is 5.92. The predicted molar refractivity (Wildman–Crippen MR) is 103 cm³/mol. The maximum atomic E-state index is 5.99. The number of aromatic nitrogens is 2. The van der Waals surface area contributed by atoms with E-state index < -0.39 is 0 Å². The third-order valence-corrected chi connectivity index (χ3v) is 4.02. The molecule has 5 heteroatoms. The first-order valence-corrected chi connectivity index (χ1v) is 8.29. The molecule has 0 atom stereocenters. The molecular formula is C20H23N5. The zero-order valence-corrected chi connectivity index (χ0v) is 14.6. The van der Waals surface area contributed by atoms with Crippen molar-refractivity contribution in [2.75, 3.05) is 5.32 Å². The minimum Gasteiger partial charge on any atom is -0.370 e. The van der Waals surface area contributed by atoms with E-state index in [0.717, 1.165) is 23.6 Å². The van der Waals surface area contributed by atoms with E-state index in [1.54, 1.807) is 0 Å². The van der Waals surface area contributed by atoms with Gasteiger partial charge in [-0.2, -0.15) is 0 Å². The molecule has 1 heterocycles. The third-order valence-electron chi connectivity index (χ3n) is 4.02. The molecule has 1 aromatic heterocycles. The van der Waals surface area contributed by atoms with Crippen LogP contribution in [-0.2, 0) is 13.1 Å². The molecule has 0 aliphatic heterocycles. The van der Waals surface area contributed by atoms with Gasteiger partial charge in [-0.05, 0) is 37.1 Å². The molecule has 0 aliphatic rings. The Morgan fingerprint density at radius 1 is 1.12 bits per heavy atom. The van der Waals surface area contributed by atoms with Gasteiger partial charge in [0.05, 0.1) is 6.54 Å². The minimum absolute atomic E-state index is 0.416. The number of aryl methyl sites for hydroxylation is 2. The SMILES string of the molecule is Cc1ccc(NC(N)=NCc2cccc(Cn3ccnc3C)c2)cc1. The fourth-order valence-electron chi connectivity index (χ4n) is 2.59. The summed E-state index contributed by atoms with van der Waals surface area (Å²) >= 11 is 0. The molecule has 0 amide bonds. The van der Waals surface area contributed by atoms with Crippen LogP contribution in [0.1, 0.15) is 22.5 Å². The lowest BCUT2D eigenvalue weighted by Gasteiger charge is -2.08. The Morgan fingerprint density at radius 3 is 2.60 bits per heavy atom. The number of nitrogens with two attached hydrogens (primary N) is 1. The molecule has 0 unspecified atom stereocenters. The second-order valence-electron chi connectivity index (χ2n) is 6.11. The van der Waals surface area contributed by atoms with Crippen LogP contribution in [0.15, 0.2) is 65.9 Å². The third kappa shape index (κ3) is 4.70. The van der Waals surface area contributed by atoms with Crippen molar-refractivity contribution in [2.24, 2.45) is 10.7 Å². The average molecular weight is 333 g/mol. The lowest BCUT2D eigenvalue weighted by Crippen LogP contribution is -2.22. The van der Waals surface area contributed by atoms with Gasteiger partial charge in [-0.15, -0.1) is 0 Å². The molecule has 0 aliphatic carbocycles. The molecule has 2 aromatic carbocycles. The van der Waals surface area contributed by atoms with Crippen LogP contribution in [0.4, 0.5) is 5.69 Å². The standard InChI is InChI=1S/C20H23N5/c1-15-6-8-19(9-7-15)24-20(21)23-13-17-4-3-5-18(12-17)14-25-11-10-22-16(25)2/h3-12H,13-14H2,1-2H3,(H3,21,23,24). The highest BCUT2D eigenvalue weighted by Crippen LogP contribution is 2.11. The number of benzene rings is 2. The monoisotopic (exact) mass is 333 g/mol. The highest BCUT2D eigenvalue weighted by Gasteiger charge is 2.01. The Balaban J connectivity index is 1.63. The summed E-state index contributed by atoms with van der Waals surface area (Å²) < 4.78 is 2.12. The molecule has 25 heavy (non-hydrogen) atoms. The van der Waals surface area contributed by atoms with Gasteiger partial charge < -0.3 is 15.6 Å². The number of anilines is 1. The number of aliphatic imine (C=N–C) groups is 1. The van der Waals surface area contributed by atoms with Crippen molar-refractivity contribution < 1.29 is 0 Å². The second kappa shape index (κ2) is 7.66. The summed E-state index contributed by atoms with van der Waals surface area (Å²) in [7, 11) is 0. The van der Waals surface area contributed by atoms with Crippen LogP contribution in [0.2, 0.25) is 0 Å². The van der Waals surface area contributed by atoms with E-state index in [0.29, 0.717) is 12.5 Å². The summed E-state index contributed by atoms with van der Waals surface area (Å²) in [6.45, 7) is 5.41. The van der Waals surface area contributed by atoms with E-state index in [2.05, 4.69) is 51.0 Å². The van der Waals surface area contributed by atoms with Crippen molar-refractivity contribution in [3.05, 3.63) is 83.4 Å². The van der Waals surface area contributed by atoms with Gasteiger partial charge in [-0.1, -0.05) is 42.0 Å². The lowest BCUT2D eigenvalue weighted by molar-refractivity contribution is 0.760. The summed E-state index contributed by atoms with van der Waals surface area (Å²) in [5, 5.41) is 3.11. The Labute approximate surface area is 148 Å². The Morgan fingerprint density at radius 2 is 1.88 bits per heavy atom. The van der Waals surface area contributed by atoms with Gasteiger partial charge in [0.1, 0.15) is 5.82 Å². The fourth-order valence-corrected chi connectivity index (χ4v) is 2.59. The maximum absolute atomic E-state index is 5.99. The molecular weight excluding hydrogens is 310 g/mol. The average Bonchev–Trinajstić information content (AvgIpc) is 3.00. The lowest BCUT2D eigenvalue weighted by atomic mass is 10.1. The van der Waals surface area contributed by atoms with Crippen LogP contribution in [0.25, 0.3) is 0 Å². The first kappa shape index (κ1) is 16.8. The van der Waals surface area contributed by atoms with Crippen molar-refractivity contribution in [3.63, 3.8) is 0 Å². The summed E-state index contributed by atoms with van der Waals surface area (Å²) in [6, 6.07) is 16.4. The van der Waals surface area contributed by atoms with E-state index >= 15 is 0 Å². The molecule has 0 spiro atoms. The summed E-state index contributed by atoms with van der Waals surface area (Å²) in [5.74, 6) is 1.43. The molecule has 3 aromatic rings. The van der Waals surface area contributed by atoms with E-state index in [1.807, 2.05) is 43.6 Å². The fraction of sp³-hybridized carbons (Fsp3) is 0.200. The molecule has 0 saturated heterocycles. The second-order valence-corrected chi connectivity index (χ2v) is 6.11. The number of hydrogen-bond donors (Lipinski definition) is 2. The topological polar surface area (TPSA) is 68.2 Å². The van der Waals surface area contributed by atoms with Crippen molar-refractivity contribution in [2.45, 2.75) is 26.9 Å². The number of rotatable bonds is 5.